The van der Waals surface area contributed by atoms with Crippen LogP contribution in [0.1, 0.15) is 32.3 Å². The number of nitrogens with one attached hydrogen (secondary N) is 1. The predicted molar refractivity (Wildman–Crippen MR) is 90.6 cm³/mol. The standard InChI is InChI=1S/C15H21Br2NO3/c1-3-20-14(19)6-5-7-18-10-11-8-12(16)9-13(17)15(11)21-4-2/h8-9,18H,3-7,10H2,1-2H3. The van der Waals surface area contributed by atoms with Crippen LogP contribution in [0.15, 0.2) is 21.1 Å². The minimum absolute atomic E-state index is 0.139. The maximum Gasteiger partial charge on any atom is 0.305 e. The summed E-state index contributed by atoms with van der Waals surface area (Å²) in [6, 6.07) is 4.00. The van der Waals surface area contributed by atoms with Crippen LogP contribution in [0, 0.1) is 0 Å². The number of rotatable bonds is 9. The van der Waals surface area contributed by atoms with Gasteiger partial charge in [-0.15, -0.1) is 0 Å². The Bertz CT molecular complexity index is 466. The summed E-state index contributed by atoms with van der Waals surface area (Å²) in [6.07, 6.45) is 1.21. The lowest BCUT2D eigenvalue weighted by Crippen LogP contribution is -2.17. The quantitative estimate of drug-likeness (QED) is 0.481. The molecule has 0 heterocycles. The molecule has 1 aromatic rings. The third-order valence-corrected chi connectivity index (χ3v) is 3.78. The Morgan fingerprint density at radius 3 is 2.67 bits per heavy atom. The highest BCUT2D eigenvalue weighted by Gasteiger charge is 2.09. The molecule has 0 aliphatic rings. The van der Waals surface area contributed by atoms with Crippen LogP contribution in [0.25, 0.3) is 0 Å². The lowest BCUT2D eigenvalue weighted by molar-refractivity contribution is -0.143. The summed E-state index contributed by atoms with van der Waals surface area (Å²) >= 11 is 7.00. The van der Waals surface area contributed by atoms with Gasteiger partial charge in [0, 0.05) is 23.0 Å². The number of carbonyl (C=O) groups is 1. The lowest BCUT2D eigenvalue weighted by Gasteiger charge is -2.13. The highest BCUT2D eigenvalue weighted by molar-refractivity contribution is 9.11. The molecule has 0 saturated carbocycles. The highest BCUT2D eigenvalue weighted by atomic mass is 79.9. The molecular weight excluding hydrogens is 402 g/mol. The van der Waals surface area contributed by atoms with E-state index >= 15 is 0 Å². The smallest absolute Gasteiger partial charge is 0.305 e. The average molecular weight is 423 g/mol. The molecule has 0 atom stereocenters. The first-order chi connectivity index (χ1) is 10.1. The molecule has 0 fully saturated rings. The van der Waals surface area contributed by atoms with Crippen molar-refractivity contribution in [3.63, 3.8) is 0 Å². The molecule has 6 heteroatoms. The Kier molecular flexibility index (Phi) is 8.96. The van der Waals surface area contributed by atoms with Crippen LogP contribution in [0.2, 0.25) is 0 Å². The van der Waals surface area contributed by atoms with Crippen molar-refractivity contribution in [1.29, 1.82) is 0 Å². The van der Waals surface area contributed by atoms with Gasteiger partial charge in [0.25, 0.3) is 0 Å². The molecule has 0 saturated heterocycles. The monoisotopic (exact) mass is 421 g/mol. The first-order valence-corrected chi connectivity index (χ1v) is 8.64. The normalized spacial score (nSPS) is 10.5. The Morgan fingerprint density at radius 2 is 2.00 bits per heavy atom. The topological polar surface area (TPSA) is 47.6 Å². The van der Waals surface area contributed by atoms with Gasteiger partial charge >= 0.3 is 5.97 Å². The molecule has 0 aromatic heterocycles. The Hall–Kier alpha value is -0.590. The Labute approximate surface area is 142 Å². The van der Waals surface area contributed by atoms with Crippen LogP contribution in [0.3, 0.4) is 0 Å². The number of esters is 1. The SMILES string of the molecule is CCOC(=O)CCCNCc1cc(Br)cc(Br)c1OCC. The maximum atomic E-state index is 11.2. The number of ether oxygens (including phenoxy) is 2. The van der Waals surface area contributed by atoms with Gasteiger partial charge in [0.1, 0.15) is 5.75 Å². The second kappa shape index (κ2) is 10.2. The molecule has 4 nitrogen and oxygen atoms in total. The maximum absolute atomic E-state index is 11.2. The minimum Gasteiger partial charge on any atom is -0.492 e. The van der Waals surface area contributed by atoms with Crippen LogP contribution in [0.4, 0.5) is 0 Å². The largest absolute Gasteiger partial charge is 0.492 e. The van der Waals surface area contributed by atoms with Crippen LogP contribution >= 0.6 is 31.9 Å². The van der Waals surface area contributed by atoms with Crippen molar-refractivity contribution in [2.24, 2.45) is 0 Å². The van der Waals surface area contributed by atoms with Crippen molar-refractivity contribution in [1.82, 2.24) is 5.32 Å². The van der Waals surface area contributed by atoms with E-state index in [1.165, 1.54) is 0 Å². The summed E-state index contributed by atoms with van der Waals surface area (Å²) in [4.78, 5) is 11.2. The van der Waals surface area contributed by atoms with Crippen molar-refractivity contribution in [3.05, 3.63) is 26.6 Å². The molecule has 0 radical (unpaired) electrons. The summed E-state index contributed by atoms with van der Waals surface area (Å²) in [5.41, 5.74) is 1.08. The average Bonchev–Trinajstić information content (AvgIpc) is 2.42. The molecule has 0 unspecified atom stereocenters. The van der Waals surface area contributed by atoms with Crippen LogP contribution in [-0.2, 0) is 16.1 Å². The van der Waals surface area contributed by atoms with E-state index in [9.17, 15) is 4.79 Å². The fourth-order valence-corrected chi connectivity index (χ4v) is 3.29. The number of halogens is 2. The summed E-state index contributed by atoms with van der Waals surface area (Å²) in [7, 11) is 0. The van der Waals surface area contributed by atoms with Crippen molar-refractivity contribution in [2.75, 3.05) is 19.8 Å². The van der Waals surface area contributed by atoms with E-state index in [0.29, 0.717) is 26.2 Å². The second-order valence-electron chi connectivity index (χ2n) is 4.39. The van der Waals surface area contributed by atoms with Crippen molar-refractivity contribution < 1.29 is 14.3 Å². The summed E-state index contributed by atoms with van der Waals surface area (Å²) < 4.78 is 12.5. The molecule has 0 spiro atoms. The molecule has 0 amide bonds. The number of hydrogen-bond donors (Lipinski definition) is 1. The molecule has 1 aromatic carbocycles. The van der Waals surface area contributed by atoms with Gasteiger partial charge in [0.15, 0.2) is 0 Å². The molecule has 1 N–H and O–H groups in total. The molecule has 0 aliphatic heterocycles. The second-order valence-corrected chi connectivity index (χ2v) is 6.16. The molecule has 21 heavy (non-hydrogen) atoms. The molecule has 0 bridgehead atoms. The van der Waals surface area contributed by atoms with E-state index in [2.05, 4.69) is 37.2 Å². The van der Waals surface area contributed by atoms with Gasteiger partial charge in [0.2, 0.25) is 0 Å². The van der Waals surface area contributed by atoms with Gasteiger partial charge in [-0.1, -0.05) is 15.9 Å². The van der Waals surface area contributed by atoms with Gasteiger partial charge in [-0.05, 0) is 54.9 Å². The summed E-state index contributed by atoms with van der Waals surface area (Å²) in [5.74, 6) is 0.720. The van der Waals surface area contributed by atoms with Gasteiger partial charge in [0.05, 0.1) is 17.7 Å². The molecule has 0 aliphatic carbocycles. The van der Waals surface area contributed by atoms with E-state index in [4.69, 9.17) is 9.47 Å². The van der Waals surface area contributed by atoms with E-state index in [-0.39, 0.29) is 5.97 Å². The van der Waals surface area contributed by atoms with Crippen molar-refractivity contribution >= 4 is 37.8 Å². The third-order valence-electron chi connectivity index (χ3n) is 2.73. The summed E-state index contributed by atoms with van der Waals surface area (Å²) in [5, 5.41) is 3.32. The molecule has 118 valence electrons. The van der Waals surface area contributed by atoms with Gasteiger partial charge < -0.3 is 14.8 Å². The number of hydrogen-bond acceptors (Lipinski definition) is 4. The first-order valence-electron chi connectivity index (χ1n) is 7.05. The predicted octanol–water partition coefficient (Wildman–Crippen LogP) is 4.04. The Morgan fingerprint density at radius 1 is 1.24 bits per heavy atom. The van der Waals surface area contributed by atoms with E-state index in [1.54, 1.807) is 0 Å². The zero-order chi connectivity index (χ0) is 15.7. The first kappa shape index (κ1) is 18.5. The third kappa shape index (κ3) is 6.80. The fraction of sp³-hybridized carbons (Fsp3) is 0.533. The molecule has 1 rings (SSSR count). The van der Waals surface area contributed by atoms with Gasteiger partial charge in [-0.3, -0.25) is 4.79 Å². The van der Waals surface area contributed by atoms with Crippen molar-refractivity contribution in [3.8, 4) is 5.75 Å². The van der Waals surface area contributed by atoms with Gasteiger partial charge in [-0.25, -0.2) is 0 Å². The van der Waals surface area contributed by atoms with Crippen LogP contribution in [-0.4, -0.2) is 25.7 Å². The zero-order valence-electron chi connectivity index (χ0n) is 12.4. The van der Waals surface area contributed by atoms with Gasteiger partial charge in [-0.2, -0.15) is 0 Å². The number of benzene rings is 1. The van der Waals surface area contributed by atoms with Crippen LogP contribution < -0.4 is 10.1 Å². The van der Waals surface area contributed by atoms with E-state index < -0.39 is 0 Å². The fourth-order valence-electron chi connectivity index (χ4n) is 1.86. The van der Waals surface area contributed by atoms with E-state index in [0.717, 1.165) is 33.2 Å². The summed E-state index contributed by atoms with van der Waals surface area (Å²) in [6.45, 7) is 6.29. The Balaban J connectivity index is 2.46. The lowest BCUT2D eigenvalue weighted by atomic mass is 10.2. The molecular formula is C15H21Br2NO3. The van der Waals surface area contributed by atoms with Crippen LogP contribution in [0.5, 0.6) is 5.75 Å². The van der Waals surface area contributed by atoms with E-state index in [1.807, 2.05) is 26.0 Å². The van der Waals surface area contributed by atoms with Crippen molar-refractivity contribution in [2.45, 2.75) is 33.2 Å². The zero-order valence-corrected chi connectivity index (χ0v) is 15.6. The number of carbonyl (C=O) groups excluding carboxylic acids is 1. The highest BCUT2D eigenvalue weighted by Crippen LogP contribution is 2.32. The minimum atomic E-state index is -0.139.